The number of aromatic amines is 1. The first-order valence-corrected chi connectivity index (χ1v) is 11.4. The van der Waals surface area contributed by atoms with E-state index in [1.165, 1.54) is 5.56 Å². The number of fused-ring (bicyclic) bond motifs is 2. The largest absolute Gasteiger partial charge is 0.508 e. The topological polar surface area (TPSA) is 81.2 Å². The molecule has 1 heterocycles. The molecule has 1 unspecified atom stereocenters. The Bertz CT molecular complexity index is 996. The Labute approximate surface area is 183 Å². The zero-order chi connectivity index (χ0) is 21.6. The summed E-state index contributed by atoms with van der Waals surface area (Å²) in [5.41, 5.74) is 4.11. The number of H-pyrrole nitrogens is 1. The van der Waals surface area contributed by atoms with Crippen molar-refractivity contribution < 1.29 is 9.90 Å². The van der Waals surface area contributed by atoms with Gasteiger partial charge in [-0.3, -0.25) is 4.79 Å². The maximum atomic E-state index is 12.4. The molecule has 6 nitrogen and oxygen atoms in total. The predicted octanol–water partition coefficient (Wildman–Crippen LogP) is 4.05. The van der Waals surface area contributed by atoms with Crippen LogP contribution in [0.2, 0.25) is 0 Å². The average Bonchev–Trinajstić information content (AvgIpc) is 3.22. The summed E-state index contributed by atoms with van der Waals surface area (Å²) in [5, 5.41) is 13.1. The van der Waals surface area contributed by atoms with Gasteiger partial charge in [-0.05, 0) is 80.9 Å². The SMILES string of the molecule is CCCN(CCCCNC(=O)c1nc2ccccc2[nH]1)C1CCc2c(O)cccc2C1. The lowest BCUT2D eigenvalue weighted by Crippen LogP contribution is -2.40. The molecule has 2 aromatic carbocycles. The number of imidazole rings is 1. The van der Waals surface area contributed by atoms with E-state index < -0.39 is 0 Å². The Kier molecular flexibility index (Phi) is 6.87. The second-order valence-electron chi connectivity index (χ2n) is 8.41. The van der Waals surface area contributed by atoms with Gasteiger partial charge in [0.05, 0.1) is 11.0 Å². The molecule has 0 spiro atoms. The van der Waals surface area contributed by atoms with E-state index in [1.54, 1.807) is 6.07 Å². The van der Waals surface area contributed by atoms with Crippen LogP contribution in [0.25, 0.3) is 11.0 Å². The molecular formula is C25H32N4O2. The van der Waals surface area contributed by atoms with E-state index in [9.17, 15) is 9.90 Å². The van der Waals surface area contributed by atoms with E-state index >= 15 is 0 Å². The zero-order valence-electron chi connectivity index (χ0n) is 18.2. The highest BCUT2D eigenvalue weighted by atomic mass is 16.3. The highest BCUT2D eigenvalue weighted by Crippen LogP contribution is 2.30. The van der Waals surface area contributed by atoms with Crippen molar-refractivity contribution >= 4 is 16.9 Å². The van der Waals surface area contributed by atoms with Crippen molar-refractivity contribution in [2.45, 2.75) is 51.5 Å². The normalized spacial score (nSPS) is 15.9. The predicted molar refractivity (Wildman–Crippen MR) is 123 cm³/mol. The zero-order valence-corrected chi connectivity index (χ0v) is 18.2. The molecule has 1 atom stereocenters. The Morgan fingerprint density at radius 1 is 1.19 bits per heavy atom. The molecule has 6 heteroatoms. The van der Waals surface area contributed by atoms with Crippen molar-refractivity contribution in [1.29, 1.82) is 0 Å². The molecule has 4 rings (SSSR count). The molecular weight excluding hydrogens is 388 g/mol. The second kappa shape index (κ2) is 9.96. The number of para-hydroxylation sites is 2. The molecule has 0 fully saturated rings. The van der Waals surface area contributed by atoms with Crippen LogP contribution in [-0.2, 0) is 12.8 Å². The van der Waals surface area contributed by atoms with Crippen LogP contribution in [0, 0.1) is 0 Å². The first-order valence-electron chi connectivity index (χ1n) is 11.4. The minimum absolute atomic E-state index is 0.148. The summed E-state index contributed by atoms with van der Waals surface area (Å²) in [6, 6.07) is 14.1. The van der Waals surface area contributed by atoms with Gasteiger partial charge in [0, 0.05) is 12.6 Å². The molecule has 164 valence electrons. The van der Waals surface area contributed by atoms with Gasteiger partial charge in [-0.15, -0.1) is 0 Å². The van der Waals surface area contributed by atoms with Gasteiger partial charge < -0.3 is 20.3 Å². The van der Waals surface area contributed by atoms with Crippen molar-refractivity contribution in [2.24, 2.45) is 0 Å². The van der Waals surface area contributed by atoms with Crippen LogP contribution in [0.1, 0.15) is 54.4 Å². The number of phenols is 1. The fourth-order valence-corrected chi connectivity index (χ4v) is 4.63. The first-order chi connectivity index (χ1) is 15.2. The van der Waals surface area contributed by atoms with Crippen molar-refractivity contribution in [3.63, 3.8) is 0 Å². The quantitative estimate of drug-likeness (QED) is 0.456. The van der Waals surface area contributed by atoms with Gasteiger partial charge in [-0.2, -0.15) is 0 Å². The summed E-state index contributed by atoms with van der Waals surface area (Å²) in [5.74, 6) is 0.668. The highest BCUT2D eigenvalue weighted by molar-refractivity contribution is 5.94. The van der Waals surface area contributed by atoms with E-state index in [0.29, 0.717) is 24.2 Å². The number of unbranched alkanes of at least 4 members (excludes halogenated alkanes) is 1. The fraction of sp³-hybridized carbons (Fsp3) is 0.440. The maximum absolute atomic E-state index is 12.4. The number of aromatic nitrogens is 2. The van der Waals surface area contributed by atoms with Crippen molar-refractivity contribution in [3.8, 4) is 5.75 Å². The molecule has 0 saturated heterocycles. The molecule has 0 radical (unpaired) electrons. The smallest absolute Gasteiger partial charge is 0.287 e. The first kappa shape index (κ1) is 21.4. The van der Waals surface area contributed by atoms with Crippen LogP contribution in [0.5, 0.6) is 5.75 Å². The Balaban J connectivity index is 1.24. The van der Waals surface area contributed by atoms with Gasteiger partial charge in [0.15, 0.2) is 5.82 Å². The number of carbonyl (C=O) groups excluding carboxylic acids is 1. The number of carbonyl (C=O) groups is 1. The molecule has 1 amide bonds. The lowest BCUT2D eigenvalue weighted by atomic mass is 9.86. The van der Waals surface area contributed by atoms with Crippen LogP contribution < -0.4 is 5.32 Å². The number of phenolic OH excluding ortho intramolecular Hbond substituents is 1. The number of amides is 1. The van der Waals surface area contributed by atoms with Crippen LogP contribution >= 0.6 is 0 Å². The minimum Gasteiger partial charge on any atom is -0.508 e. The molecule has 31 heavy (non-hydrogen) atoms. The van der Waals surface area contributed by atoms with E-state index in [1.807, 2.05) is 30.3 Å². The van der Waals surface area contributed by atoms with Crippen molar-refractivity contribution in [3.05, 3.63) is 59.4 Å². The number of nitrogens with zero attached hydrogens (tertiary/aromatic N) is 2. The van der Waals surface area contributed by atoms with Crippen LogP contribution in [0.3, 0.4) is 0 Å². The van der Waals surface area contributed by atoms with E-state index in [4.69, 9.17) is 0 Å². The summed E-state index contributed by atoms with van der Waals surface area (Å²) < 4.78 is 0. The van der Waals surface area contributed by atoms with E-state index in [0.717, 1.165) is 68.2 Å². The number of rotatable bonds is 9. The van der Waals surface area contributed by atoms with Gasteiger partial charge in [0.2, 0.25) is 0 Å². The van der Waals surface area contributed by atoms with Gasteiger partial charge >= 0.3 is 0 Å². The second-order valence-corrected chi connectivity index (χ2v) is 8.41. The summed E-state index contributed by atoms with van der Waals surface area (Å²) in [4.78, 5) is 22.4. The summed E-state index contributed by atoms with van der Waals surface area (Å²) in [6.07, 6.45) is 6.16. The van der Waals surface area contributed by atoms with E-state index in [2.05, 4.69) is 33.2 Å². The Morgan fingerprint density at radius 3 is 2.90 bits per heavy atom. The summed E-state index contributed by atoms with van der Waals surface area (Å²) in [7, 11) is 0. The Hall–Kier alpha value is -2.86. The molecule has 1 aliphatic carbocycles. The number of benzene rings is 2. The number of aromatic hydroxyl groups is 1. The van der Waals surface area contributed by atoms with Crippen molar-refractivity contribution in [1.82, 2.24) is 20.2 Å². The number of hydrogen-bond donors (Lipinski definition) is 3. The molecule has 0 saturated carbocycles. The third-order valence-corrected chi connectivity index (χ3v) is 6.22. The molecule has 0 aliphatic heterocycles. The lowest BCUT2D eigenvalue weighted by molar-refractivity contribution is 0.0943. The highest BCUT2D eigenvalue weighted by Gasteiger charge is 2.25. The standard InChI is InChI=1S/C25H32N4O2/c1-2-15-29(19-12-13-20-18(17-19)8-7-11-23(20)30)16-6-5-14-26-25(31)24-27-21-9-3-4-10-22(21)28-24/h3-4,7-11,19,30H,2,5-6,12-17H2,1H3,(H,26,31)(H,27,28). The van der Waals surface area contributed by atoms with Gasteiger partial charge in [-0.1, -0.05) is 31.2 Å². The summed E-state index contributed by atoms with van der Waals surface area (Å²) >= 11 is 0. The maximum Gasteiger partial charge on any atom is 0.287 e. The fourth-order valence-electron chi connectivity index (χ4n) is 4.63. The monoisotopic (exact) mass is 420 g/mol. The van der Waals surface area contributed by atoms with Crippen molar-refractivity contribution in [2.75, 3.05) is 19.6 Å². The third kappa shape index (κ3) is 5.07. The molecule has 1 aromatic heterocycles. The van der Waals surface area contributed by atoms with E-state index in [-0.39, 0.29) is 5.91 Å². The molecule has 0 bridgehead atoms. The van der Waals surface area contributed by atoms with Crippen LogP contribution in [0.4, 0.5) is 0 Å². The van der Waals surface area contributed by atoms with Gasteiger partial charge in [0.25, 0.3) is 5.91 Å². The lowest BCUT2D eigenvalue weighted by Gasteiger charge is -2.35. The average molecular weight is 421 g/mol. The third-order valence-electron chi connectivity index (χ3n) is 6.22. The molecule has 1 aliphatic rings. The molecule has 3 N–H and O–H groups in total. The van der Waals surface area contributed by atoms with Gasteiger partial charge in [0.1, 0.15) is 5.75 Å². The van der Waals surface area contributed by atoms with Gasteiger partial charge in [-0.25, -0.2) is 4.98 Å². The van der Waals surface area contributed by atoms with Crippen LogP contribution in [0.15, 0.2) is 42.5 Å². The number of nitrogens with one attached hydrogen (secondary N) is 2. The van der Waals surface area contributed by atoms with Crippen LogP contribution in [-0.4, -0.2) is 51.6 Å². The Morgan fingerprint density at radius 2 is 2.06 bits per heavy atom. The number of hydrogen-bond acceptors (Lipinski definition) is 4. The molecule has 3 aromatic rings. The summed E-state index contributed by atoms with van der Waals surface area (Å²) in [6.45, 7) is 5.00. The minimum atomic E-state index is -0.148.